The molecule has 1 fully saturated rings. The van der Waals surface area contributed by atoms with E-state index in [0.29, 0.717) is 30.7 Å². The Morgan fingerprint density at radius 1 is 1.38 bits per heavy atom. The van der Waals surface area contributed by atoms with Crippen molar-refractivity contribution in [3.05, 3.63) is 35.5 Å². The average Bonchev–Trinajstić information content (AvgIpc) is 3.20. The summed E-state index contributed by atoms with van der Waals surface area (Å²) in [5.74, 6) is 0.404. The molecular weight excluding hydrogens is 328 g/mol. The zero-order chi connectivity index (χ0) is 19.7. The van der Waals surface area contributed by atoms with Gasteiger partial charge >= 0.3 is 0 Å². The number of ether oxygens (including phenoxy) is 1. The first kappa shape index (κ1) is 21.9. The molecule has 2 atom stereocenters. The van der Waals surface area contributed by atoms with Crippen LogP contribution in [0.3, 0.4) is 0 Å². The summed E-state index contributed by atoms with van der Waals surface area (Å²) in [7, 11) is 0. The lowest BCUT2D eigenvalue weighted by atomic mass is 10.1. The molecule has 0 N–H and O–H groups in total. The smallest absolute Gasteiger partial charge is 0.253 e. The first-order valence-corrected chi connectivity index (χ1v) is 9.37. The van der Waals surface area contributed by atoms with Crippen molar-refractivity contribution in [2.45, 2.75) is 59.2 Å². The molecule has 26 heavy (non-hydrogen) atoms. The fourth-order valence-electron chi connectivity index (χ4n) is 2.94. The van der Waals surface area contributed by atoms with Crippen molar-refractivity contribution < 1.29 is 14.3 Å². The van der Waals surface area contributed by atoms with E-state index in [1.807, 2.05) is 13.8 Å². The van der Waals surface area contributed by atoms with Crippen LogP contribution >= 0.6 is 0 Å². The highest BCUT2D eigenvalue weighted by Gasteiger charge is 2.38. The second-order valence-corrected chi connectivity index (χ2v) is 6.49. The van der Waals surface area contributed by atoms with E-state index in [1.165, 1.54) is 4.90 Å². The maximum Gasteiger partial charge on any atom is 0.253 e. The van der Waals surface area contributed by atoms with E-state index in [4.69, 9.17) is 4.74 Å². The third-order valence-electron chi connectivity index (χ3n) is 4.32. The normalized spacial score (nSPS) is 20.0. The Bertz CT molecular complexity index is 705. The largest absolute Gasteiger partial charge is 0.358 e. The van der Waals surface area contributed by atoms with Gasteiger partial charge < -0.3 is 9.64 Å². The molecule has 2 unspecified atom stereocenters. The highest BCUT2D eigenvalue weighted by atomic mass is 16.5. The van der Waals surface area contributed by atoms with Gasteiger partial charge in [0.15, 0.2) is 0 Å². The summed E-state index contributed by atoms with van der Waals surface area (Å²) in [6, 6.07) is 1.28. The van der Waals surface area contributed by atoms with Gasteiger partial charge in [0, 0.05) is 12.8 Å². The molecule has 1 aliphatic rings. The van der Waals surface area contributed by atoms with Crippen LogP contribution in [0.4, 0.5) is 0 Å². The molecule has 1 aromatic rings. The second-order valence-electron chi connectivity index (χ2n) is 6.49. The van der Waals surface area contributed by atoms with Crippen LogP contribution in [0.2, 0.25) is 0 Å². The van der Waals surface area contributed by atoms with Crippen LogP contribution in [0.5, 0.6) is 0 Å². The molecule has 2 heterocycles. The molecule has 1 amide bonds. The van der Waals surface area contributed by atoms with Gasteiger partial charge in [-0.3, -0.25) is 14.2 Å². The fraction of sp³-hybridized carbons (Fsp3) is 0.524. The molecule has 2 rings (SSSR count). The molecule has 1 aliphatic heterocycles. The lowest BCUT2D eigenvalue weighted by Crippen LogP contribution is -2.46. The minimum absolute atomic E-state index is 0.139. The Morgan fingerprint density at radius 3 is 2.65 bits per heavy atom. The van der Waals surface area contributed by atoms with Crippen LogP contribution in [-0.2, 0) is 9.53 Å². The number of amides is 1. The van der Waals surface area contributed by atoms with Crippen molar-refractivity contribution in [1.29, 1.82) is 0 Å². The van der Waals surface area contributed by atoms with Gasteiger partial charge in [0.1, 0.15) is 12.3 Å². The number of carbonyl (C=O) groups is 2. The summed E-state index contributed by atoms with van der Waals surface area (Å²) in [6.07, 6.45) is 7.67. The summed E-state index contributed by atoms with van der Waals surface area (Å²) in [4.78, 5) is 25.9. The van der Waals surface area contributed by atoms with Gasteiger partial charge in [-0.15, -0.1) is 0 Å². The number of hydrogen-bond donors (Lipinski definition) is 0. The zero-order valence-corrected chi connectivity index (χ0v) is 16.5. The van der Waals surface area contributed by atoms with Crippen LogP contribution < -0.4 is 10.6 Å². The molecule has 0 saturated carbocycles. The molecule has 144 valence electrons. The number of likely N-dealkylation sites (tertiary alicyclic amines) is 1. The molecule has 0 radical (unpaired) electrons. The Hall–Kier alpha value is -2.14. The summed E-state index contributed by atoms with van der Waals surface area (Å²) < 4.78 is 7.36. The van der Waals surface area contributed by atoms with Crippen LogP contribution in [0.25, 0.3) is 12.7 Å². The van der Waals surface area contributed by atoms with Crippen LogP contribution in [-0.4, -0.2) is 40.7 Å². The Kier molecular flexibility index (Phi) is 9.07. The molecule has 0 aliphatic carbocycles. The van der Waals surface area contributed by atoms with Crippen molar-refractivity contribution in [3.8, 4) is 0 Å². The van der Waals surface area contributed by atoms with E-state index in [-0.39, 0.29) is 12.1 Å². The monoisotopic (exact) mass is 360 g/mol. The minimum atomic E-state index is -0.504. The Labute approximate surface area is 156 Å². The van der Waals surface area contributed by atoms with Crippen molar-refractivity contribution >= 4 is 25.0 Å². The number of aromatic nitrogens is 1. The first-order chi connectivity index (χ1) is 12.5. The SMILES string of the molecule is C=C/C=c1\c(=C)ccn1C(=O)C1CCC(OCCC(C)C)N1C=O.CC. The Morgan fingerprint density at radius 2 is 2.08 bits per heavy atom. The average molecular weight is 360 g/mol. The predicted molar refractivity (Wildman–Crippen MR) is 106 cm³/mol. The standard InChI is InChI=1S/C19H26N2O3.C2H6/c1-5-6-16-15(4)9-11-20(16)19(23)17-7-8-18(21(17)13-22)24-12-10-14(2)3;1-2/h5-6,9,11,13-14,17-18H,1,4,7-8,10,12H2,2-3H3;1-2H3/b16-6+;. The molecule has 1 saturated heterocycles. The summed E-state index contributed by atoms with van der Waals surface area (Å²) in [5.41, 5.74) is 0. The predicted octanol–water partition coefficient (Wildman–Crippen LogP) is 2.54. The second kappa shape index (κ2) is 10.8. The molecule has 0 bridgehead atoms. The maximum absolute atomic E-state index is 12.9. The van der Waals surface area contributed by atoms with Crippen LogP contribution in [0.1, 0.15) is 51.8 Å². The highest BCUT2D eigenvalue weighted by Crippen LogP contribution is 2.24. The molecule has 5 nitrogen and oxygen atoms in total. The van der Waals surface area contributed by atoms with E-state index in [2.05, 4.69) is 27.0 Å². The van der Waals surface area contributed by atoms with Crippen LogP contribution in [0.15, 0.2) is 24.9 Å². The quantitative estimate of drug-likeness (QED) is 0.702. The minimum Gasteiger partial charge on any atom is -0.358 e. The fourth-order valence-corrected chi connectivity index (χ4v) is 2.94. The highest BCUT2D eigenvalue weighted by molar-refractivity contribution is 5.86. The van der Waals surface area contributed by atoms with Crippen LogP contribution in [0, 0.1) is 5.92 Å². The van der Waals surface area contributed by atoms with E-state index in [1.54, 1.807) is 29.0 Å². The van der Waals surface area contributed by atoms with E-state index in [0.717, 1.165) is 18.0 Å². The van der Waals surface area contributed by atoms with E-state index >= 15 is 0 Å². The van der Waals surface area contributed by atoms with Gasteiger partial charge in [-0.25, -0.2) is 0 Å². The summed E-state index contributed by atoms with van der Waals surface area (Å²) in [5, 5.41) is 1.45. The number of rotatable bonds is 7. The third kappa shape index (κ3) is 5.18. The Balaban J connectivity index is 0.00000163. The van der Waals surface area contributed by atoms with Crippen molar-refractivity contribution in [2.24, 2.45) is 5.92 Å². The molecule has 5 heteroatoms. The van der Waals surface area contributed by atoms with Gasteiger partial charge in [-0.05, 0) is 42.5 Å². The maximum atomic E-state index is 12.9. The molecule has 0 spiro atoms. The summed E-state index contributed by atoms with van der Waals surface area (Å²) in [6.45, 7) is 16.4. The van der Waals surface area contributed by atoms with Gasteiger partial charge in [-0.2, -0.15) is 0 Å². The number of allylic oxidation sites excluding steroid dienone is 1. The van der Waals surface area contributed by atoms with Gasteiger partial charge in [0.05, 0.1) is 5.35 Å². The summed E-state index contributed by atoms with van der Waals surface area (Å²) >= 11 is 0. The number of nitrogens with zero attached hydrogens (tertiary/aromatic N) is 2. The number of carbonyl (C=O) groups excluding carboxylic acids is 2. The van der Waals surface area contributed by atoms with E-state index < -0.39 is 6.04 Å². The zero-order valence-electron chi connectivity index (χ0n) is 16.5. The van der Waals surface area contributed by atoms with Gasteiger partial charge in [0.25, 0.3) is 5.91 Å². The van der Waals surface area contributed by atoms with Gasteiger partial charge in [-0.1, -0.05) is 46.9 Å². The van der Waals surface area contributed by atoms with Crippen molar-refractivity contribution in [3.63, 3.8) is 0 Å². The third-order valence-corrected chi connectivity index (χ3v) is 4.32. The van der Waals surface area contributed by atoms with E-state index in [9.17, 15) is 9.59 Å². The molecule has 1 aromatic heterocycles. The van der Waals surface area contributed by atoms with Crippen molar-refractivity contribution in [2.75, 3.05) is 6.61 Å². The topological polar surface area (TPSA) is 51.5 Å². The van der Waals surface area contributed by atoms with Gasteiger partial charge in [0.2, 0.25) is 6.41 Å². The molecule has 0 aromatic carbocycles. The first-order valence-electron chi connectivity index (χ1n) is 9.37. The lowest BCUT2D eigenvalue weighted by molar-refractivity contribution is -0.130. The van der Waals surface area contributed by atoms with Crippen molar-refractivity contribution in [1.82, 2.24) is 9.47 Å². The number of hydrogen-bond acceptors (Lipinski definition) is 3. The molecular formula is C21H32N2O3. The lowest BCUT2D eigenvalue weighted by Gasteiger charge is -2.25.